The molecule has 0 saturated carbocycles. The Bertz CT molecular complexity index is 1400. The number of alkyl carbamates (subject to hydrolysis) is 1. The molecule has 5 atom stereocenters. The highest BCUT2D eigenvalue weighted by Gasteiger charge is 2.35. The number of hydrogen-bond donors (Lipinski definition) is 4. The molecule has 0 radical (unpaired) electrons. The third-order valence-corrected chi connectivity index (χ3v) is 8.26. The van der Waals surface area contributed by atoms with Crippen LogP contribution >= 0.6 is 0 Å². The molecule has 0 spiro atoms. The third-order valence-electron chi connectivity index (χ3n) is 8.26. The lowest BCUT2D eigenvalue weighted by Crippen LogP contribution is -2.47. The number of allylic oxidation sites excluding steroid dienone is 1. The van der Waals surface area contributed by atoms with E-state index in [1.165, 1.54) is 0 Å². The van der Waals surface area contributed by atoms with Crippen molar-refractivity contribution < 1.29 is 38.7 Å². The molecular weight excluding hydrogens is 612 g/mol. The molecule has 0 aliphatic heterocycles. The standard InChI is InChI=1S/C38H48N2O8/c1-45-19-20-46-21-22-47-23-24-48-38(44)39-33(25-29-13-6-3-7-14-29)34(41)27-31(17-10-15-28-11-4-2-5-12-28)37(43)40-36-32-18-9-8-16-30(32)26-35(36)42/h2-16,18,31,33-36,41-42H,17,19-27H2,1H3,(H,39,44)(H,40,43)/t31-,33+,34+,35-,36+/m1/s1. The summed E-state index contributed by atoms with van der Waals surface area (Å²) in [5.74, 6) is -0.924. The summed E-state index contributed by atoms with van der Waals surface area (Å²) in [6.07, 6.45) is 2.54. The van der Waals surface area contributed by atoms with Gasteiger partial charge in [0.2, 0.25) is 5.91 Å². The molecule has 1 aliphatic rings. The van der Waals surface area contributed by atoms with Gasteiger partial charge in [0.05, 0.1) is 57.3 Å². The van der Waals surface area contributed by atoms with E-state index in [2.05, 4.69) is 10.6 Å². The SMILES string of the molecule is COCCOCCOCCOC(=O)N[C@@H](Cc1ccccc1)[C@@H](O)C[C@@H](CC=Cc1ccccc1)C(=O)N[C@H]1c2ccccc2C[C@H]1O. The quantitative estimate of drug-likeness (QED) is 0.132. The summed E-state index contributed by atoms with van der Waals surface area (Å²) in [5.41, 5.74) is 3.80. The predicted octanol–water partition coefficient (Wildman–Crippen LogP) is 4.25. The first-order valence-electron chi connectivity index (χ1n) is 16.5. The minimum Gasteiger partial charge on any atom is -0.447 e. The summed E-state index contributed by atoms with van der Waals surface area (Å²) in [5, 5.41) is 28.3. The Hall–Kier alpha value is -4.06. The van der Waals surface area contributed by atoms with E-state index in [4.69, 9.17) is 18.9 Å². The van der Waals surface area contributed by atoms with Gasteiger partial charge in [-0.1, -0.05) is 97.1 Å². The number of amides is 2. The average Bonchev–Trinajstić information content (AvgIpc) is 3.41. The smallest absolute Gasteiger partial charge is 0.407 e. The van der Waals surface area contributed by atoms with Crippen LogP contribution in [0.4, 0.5) is 4.79 Å². The molecule has 0 saturated heterocycles. The molecule has 10 heteroatoms. The highest BCUT2D eigenvalue weighted by atomic mass is 16.6. The molecule has 258 valence electrons. The van der Waals surface area contributed by atoms with Crippen LogP contribution in [-0.2, 0) is 36.6 Å². The number of aliphatic hydroxyl groups excluding tert-OH is 2. The van der Waals surface area contributed by atoms with Crippen LogP contribution < -0.4 is 10.6 Å². The summed E-state index contributed by atoms with van der Waals surface area (Å²) in [6.45, 7) is 1.97. The fourth-order valence-corrected chi connectivity index (χ4v) is 5.72. The summed E-state index contributed by atoms with van der Waals surface area (Å²) in [7, 11) is 1.61. The van der Waals surface area contributed by atoms with Crippen LogP contribution in [0.25, 0.3) is 6.08 Å². The molecule has 10 nitrogen and oxygen atoms in total. The van der Waals surface area contributed by atoms with Crippen LogP contribution in [0.5, 0.6) is 0 Å². The first-order valence-corrected chi connectivity index (χ1v) is 16.5. The Kier molecular flexibility index (Phi) is 15.6. The Morgan fingerprint density at radius 3 is 2.25 bits per heavy atom. The monoisotopic (exact) mass is 660 g/mol. The number of methoxy groups -OCH3 is 1. The zero-order valence-electron chi connectivity index (χ0n) is 27.5. The summed E-state index contributed by atoms with van der Waals surface area (Å²) in [6, 6.07) is 25.7. The van der Waals surface area contributed by atoms with E-state index in [0.717, 1.165) is 22.3 Å². The van der Waals surface area contributed by atoms with Crippen molar-refractivity contribution in [1.29, 1.82) is 0 Å². The number of ether oxygens (including phenoxy) is 4. The van der Waals surface area contributed by atoms with Crippen LogP contribution in [0.1, 0.15) is 41.1 Å². The van der Waals surface area contributed by atoms with Crippen molar-refractivity contribution in [1.82, 2.24) is 10.6 Å². The normalized spacial score (nSPS) is 17.4. The van der Waals surface area contributed by atoms with Crippen molar-refractivity contribution in [3.63, 3.8) is 0 Å². The van der Waals surface area contributed by atoms with Crippen LogP contribution in [0.2, 0.25) is 0 Å². The molecule has 4 rings (SSSR count). The van der Waals surface area contributed by atoms with Gasteiger partial charge in [-0.3, -0.25) is 4.79 Å². The van der Waals surface area contributed by atoms with Gasteiger partial charge in [-0.2, -0.15) is 0 Å². The Labute approximate surface area is 283 Å². The van der Waals surface area contributed by atoms with E-state index >= 15 is 0 Å². The van der Waals surface area contributed by atoms with Crippen LogP contribution in [-0.4, -0.2) is 87.2 Å². The van der Waals surface area contributed by atoms with Crippen molar-refractivity contribution in [2.24, 2.45) is 5.92 Å². The van der Waals surface area contributed by atoms with E-state index in [0.29, 0.717) is 45.7 Å². The van der Waals surface area contributed by atoms with Crippen molar-refractivity contribution in [3.05, 3.63) is 113 Å². The molecule has 1 aliphatic carbocycles. The first kappa shape index (κ1) is 36.8. The molecule has 3 aromatic carbocycles. The van der Waals surface area contributed by atoms with E-state index in [1.54, 1.807) is 7.11 Å². The fraction of sp³-hybridized carbons (Fsp3) is 0.421. The largest absolute Gasteiger partial charge is 0.447 e. The molecule has 48 heavy (non-hydrogen) atoms. The summed E-state index contributed by atoms with van der Waals surface area (Å²) in [4.78, 5) is 26.7. The maximum Gasteiger partial charge on any atom is 0.407 e. The Balaban J connectivity index is 1.40. The third kappa shape index (κ3) is 12.2. The van der Waals surface area contributed by atoms with E-state index in [9.17, 15) is 19.8 Å². The molecule has 0 fully saturated rings. The van der Waals surface area contributed by atoms with Crippen molar-refractivity contribution in [2.75, 3.05) is 46.8 Å². The number of carbonyl (C=O) groups is 2. The van der Waals surface area contributed by atoms with E-state index < -0.39 is 36.3 Å². The minimum atomic E-state index is -1.08. The Morgan fingerprint density at radius 1 is 0.875 bits per heavy atom. The maximum atomic E-state index is 13.8. The van der Waals surface area contributed by atoms with Gasteiger partial charge in [-0.25, -0.2) is 4.79 Å². The summed E-state index contributed by atoms with van der Waals surface area (Å²) >= 11 is 0. The second kappa shape index (κ2) is 20.3. The van der Waals surface area contributed by atoms with Gasteiger partial charge in [0.1, 0.15) is 6.61 Å². The number of carbonyl (C=O) groups excluding carboxylic acids is 2. The molecule has 0 aromatic heterocycles. The van der Waals surface area contributed by atoms with Crippen molar-refractivity contribution in [2.45, 2.75) is 50.0 Å². The lowest BCUT2D eigenvalue weighted by molar-refractivity contribution is -0.127. The van der Waals surface area contributed by atoms with E-state index in [1.807, 2.05) is 97.1 Å². The molecule has 0 bridgehead atoms. The minimum absolute atomic E-state index is 0.0263. The predicted molar refractivity (Wildman–Crippen MR) is 183 cm³/mol. The second-order valence-corrected chi connectivity index (χ2v) is 11.8. The maximum absolute atomic E-state index is 13.8. The van der Waals surface area contributed by atoms with Crippen molar-refractivity contribution >= 4 is 18.1 Å². The molecular formula is C38H48N2O8. The number of benzene rings is 3. The van der Waals surface area contributed by atoms with Gasteiger partial charge in [0.15, 0.2) is 0 Å². The lowest BCUT2D eigenvalue weighted by atomic mass is 9.90. The summed E-state index contributed by atoms with van der Waals surface area (Å²) < 4.78 is 21.1. The Morgan fingerprint density at radius 2 is 1.52 bits per heavy atom. The molecule has 2 amide bonds. The van der Waals surface area contributed by atoms with Crippen LogP contribution in [0.3, 0.4) is 0 Å². The number of aliphatic hydroxyl groups is 2. The lowest BCUT2D eigenvalue weighted by Gasteiger charge is -2.28. The second-order valence-electron chi connectivity index (χ2n) is 11.8. The van der Waals surface area contributed by atoms with Gasteiger partial charge < -0.3 is 39.8 Å². The number of hydrogen-bond acceptors (Lipinski definition) is 8. The molecule has 3 aromatic rings. The average molecular weight is 661 g/mol. The van der Waals surface area contributed by atoms with Gasteiger partial charge >= 0.3 is 6.09 Å². The highest BCUT2D eigenvalue weighted by molar-refractivity contribution is 5.80. The van der Waals surface area contributed by atoms with Gasteiger partial charge in [0, 0.05) is 19.4 Å². The van der Waals surface area contributed by atoms with Gasteiger partial charge in [-0.05, 0) is 41.5 Å². The molecule has 4 N–H and O–H groups in total. The molecule has 0 heterocycles. The van der Waals surface area contributed by atoms with E-state index in [-0.39, 0.29) is 25.5 Å². The highest BCUT2D eigenvalue weighted by Crippen LogP contribution is 2.32. The fourth-order valence-electron chi connectivity index (χ4n) is 5.72. The van der Waals surface area contributed by atoms with Gasteiger partial charge in [0.25, 0.3) is 0 Å². The number of fused-ring (bicyclic) bond motifs is 1. The molecule has 0 unspecified atom stereocenters. The van der Waals surface area contributed by atoms with Gasteiger partial charge in [-0.15, -0.1) is 0 Å². The number of rotatable bonds is 20. The van der Waals surface area contributed by atoms with Crippen molar-refractivity contribution in [3.8, 4) is 0 Å². The zero-order valence-corrected chi connectivity index (χ0v) is 27.5. The number of nitrogens with one attached hydrogen (secondary N) is 2. The zero-order chi connectivity index (χ0) is 34.0. The topological polar surface area (TPSA) is 136 Å². The van der Waals surface area contributed by atoms with Crippen LogP contribution in [0, 0.1) is 5.92 Å². The van der Waals surface area contributed by atoms with Crippen LogP contribution in [0.15, 0.2) is 91.0 Å². The first-order chi connectivity index (χ1) is 23.4.